The molecule has 0 unspecified atom stereocenters. The van der Waals surface area contributed by atoms with Gasteiger partial charge in [-0.3, -0.25) is 15.1 Å². The molecule has 172 valence electrons. The predicted molar refractivity (Wildman–Crippen MR) is 107 cm³/mol. The van der Waals surface area contributed by atoms with Gasteiger partial charge in [-0.2, -0.15) is 4.31 Å². The van der Waals surface area contributed by atoms with E-state index >= 15 is 0 Å². The van der Waals surface area contributed by atoms with Gasteiger partial charge in [0.2, 0.25) is 15.9 Å². The molecule has 0 radical (unpaired) electrons. The maximum Gasteiger partial charge on any atom is 0.573 e. The highest BCUT2D eigenvalue weighted by atomic mass is 32.2. The Morgan fingerprint density at radius 2 is 1.88 bits per heavy atom. The summed E-state index contributed by atoms with van der Waals surface area (Å²) in [7, 11) is -3.88. The van der Waals surface area contributed by atoms with Crippen LogP contribution < -0.4 is 16.0 Å². The quantitative estimate of drug-likeness (QED) is 0.573. The third-order valence-electron chi connectivity index (χ3n) is 4.52. The number of nitrogens with one attached hydrogen (secondary N) is 1. The van der Waals surface area contributed by atoms with Crippen molar-refractivity contribution in [3.05, 3.63) is 71.4 Å². The minimum atomic E-state index is -4.85. The number of benzene rings is 2. The topological polar surface area (TPSA) is 111 Å². The first-order valence-electron chi connectivity index (χ1n) is 9.36. The lowest BCUT2D eigenvalue weighted by molar-refractivity contribution is -0.274. The van der Waals surface area contributed by atoms with Gasteiger partial charge in [-0.15, -0.1) is 13.2 Å². The summed E-state index contributed by atoms with van der Waals surface area (Å²) in [5.41, 5.74) is 9.77. The molecule has 0 aliphatic carbocycles. The fraction of sp³-hybridized carbons (Fsp3) is 0.250. The van der Waals surface area contributed by atoms with Crippen molar-refractivity contribution in [3.8, 4) is 5.75 Å². The van der Waals surface area contributed by atoms with Crippen LogP contribution in [-0.2, 0) is 21.5 Å². The first-order valence-corrected chi connectivity index (χ1v) is 10.8. The lowest BCUT2D eigenvalue weighted by Crippen LogP contribution is -2.36. The van der Waals surface area contributed by atoms with Gasteiger partial charge in [-0.1, -0.05) is 12.1 Å². The van der Waals surface area contributed by atoms with Gasteiger partial charge in [0.25, 0.3) is 0 Å². The van der Waals surface area contributed by atoms with Crippen LogP contribution in [0.1, 0.15) is 22.3 Å². The predicted octanol–water partition coefficient (Wildman–Crippen LogP) is 2.68. The monoisotopic (exact) mass is 471 g/mol. The van der Waals surface area contributed by atoms with E-state index in [1.165, 1.54) is 4.31 Å². The number of sulfonamides is 1. The van der Waals surface area contributed by atoms with E-state index in [2.05, 4.69) is 10.2 Å². The summed E-state index contributed by atoms with van der Waals surface area (Å²) in [4.78, 5) is 16.5. The SMILES string of the molecule is NC(=O)c1cccc(CONC2=CCN(S(=O)(=O)c3ccc(OC(F)(F)F)cc3)CC2)c1. The number of alkyl halides is 3. The molecular formula is C20H20F3N3O5S. The number of nitrogens with two attached hydrogens (primary N) is 1. The maximum absolute atomic E-state index is 12.7. The molecule has 0 atom stereocenters. The van der Waals surface area contributed by atoms with E-state index in [0.29, 0.717) is 17.7 Å². The molecule has 3 N–H and O–H groups in total. The number of hydroxylamine groups is 1. The number of nitrogens with zero attached hydrogens (tertiary/aromatic N) is 1. The Bertz CT molecular complexity index is 1100. The number of primary amides is 1. The van der Waals surface area contributed by atoms with Crippen molar-refractivity contribution in [2.24, 2.45) is 5.73 Å². The molecule has 1 amide bonds. The summed E-state index contributed by atoms with van der Waals surface area (Å²) in [6, 6.07) is 10.7. The molecule has 0 bridgehead atoms. The first-order chi connectivity index (χ1) is 15.0. The second kappa shape index (κ2) is 9.59. The standard InChI is InChI=1S/C20H20F3N3O5S/c21-20(22,23)31-17-4-6-18(7-5-17)32(28,29)26-10-8-16(9-11-26)25-30-13-14-2-1-3-15(12-14)19(24)27/h1-8,12,25H,9-11,13H2,(H2,24,27). The van der Waals surface area contributed by atoms with E-state index in [1.54, 1.807) is 30.3 Å². The molecule has 0 saturated heterocycles. The van der Waals surface area contributed by atoms with Crippen molar-refractivity contribution in [3.63, 3.8) is 0 Å². The fourth-order valence-electron chi connectivity index (χ4n) is 2.95. The van der Waals surface area contributed by atoms with Crippen LogP contribution in [-0.4, -0.2) is 38.1 Å². The van der Waals surface area contributed by atoms with Gasteiger partial charge < -0.3 is 10.5 Å². The molecule has 1 heterocycles. The van der Waals surface area contributed by atoms with Gasteiger partial charge >= 0.3 is 6.36 Å². The molecule has 1 aliphatic heterocycles. The van der Waals surface area contributed by atoms with Crippen LogP contribution in [0.2, 0.25) is 0 Å². The van der Waals surface area contributed by atoms with Crippen LogP contribution in [0.5, 0.6) is 5.75 Å². The molecule has 0 saturated carbocycles. The molecule has 12 heteroatoms. The lowest BCUT2D eigenvalue weighted by atomic mass is 10.1. The zero-order chi connectivity index (χ0) is 23.4. The summed E-state index contributed by atoms with van der Waals surface area (Å²) in [6.45, 7) is 0.376. The number of hydrogen-bond donors (Lipinski definition) is 2. The number of hydrogen-bond acceptors (Lipinski definition) is 6. The normalized spacial score (nSPS) is 15.2. The van der Waals surface area contributed by atoms with E-state index in [4.69, 9.17) is 10.6 Å². The molecule has 3 rings (SSSR count). The minimum absolute atomic E-state index is 0.0615. The Hall–Kier alpha value is -3.09. The summed E-state index contributed by atoms with van der Waals surface area (Å²) in [6.07, 6.45) is -2.87. The average molecular weight is 471 g/mol. The second-order valence-electron chi connectivity index (χ2n) is 6.82. The molecule has 32 heavy (non-hydrogen) atoms. The van der Waals surface area contributed by atoms with Gasteiger partial charge in [-0.05, 0) is 48.0 Å². The Labute approximate surface area is 182 Å². The van der Waals surface area contributed by atoms with Crippen molar-refractivity contribution in [1.29, 1.82) is 0 Å². The lowest BCUT2D eigenvalue weighted by Gasteiger charge is -2.26. The van der Waals surface area contributed by atoms with E-state index in [-0.39, 0.29) is 24.6 Å². The highest BCUT2D eigenvalue weighted by Gasteiger charge is 2.31. The summed E-state index contributed by atoms with van der Waals surface area (Å²) in [5.74, 6) is -1.04. The van der Waals surface area contributed by atoms with Gasteiger partial charge in [0, 0.05) is 30.8 Å². The maximum atomic E-state index is 12.7. The molecule has 8 nitrogen and oxygen atoms in total. The van der Waals surface area contributed by atoms with Crippen LogP contribution in [0.25, 0.3) is 0 Å². The zero-order valence-corrected chi connectivity index (χ0v) is 17.4. The van der Waals surface area contributed by atoms with Crippen LogP contribution in [0.3, 0.4) is 0 Å². The molecule has 0 spiro atoms. The first kappa shape index (κ1) is 23.6. The molecular weight excluding hydrogens is 451 g/mol. The third kappa shape index (κ3) is 6.22. The van der Waals surface area contributed by atoms with Gasteiger partial charge in [0.15, 0.2) is 0 Å². The largest absolute Gasteiger partial charge is 0.573 e. The van der Waals surface area contributed by atoms with E-state index in [1.807, 2.05) is 0 Å². The van der Waals surface area contributed by atoms with E-state index in [0.717, 1.165) is 29.8 Å². The number of halogens is 3. The number of rotatable bonds is 8. The number of carbonyl (C=O) groups is 1. The molecule has 0 aromatic heterocycles. The number of carbonyl (C=O) groups excluding carboxylic acids is 1. The summed E-state index contributed by atoms with van der Waals surface area (Å²) in [5, 5.41) is 0. The minimum Gasteiger partial charge on any atom is -0.406 e. The Morgan fingerprint density at radius 1 is 1.16 bits per heavy atom. The average Bonchev–Trinajstić information content (AvgIpc) is 2.73. The van der Waals surface area contributed by atoms with Gasteiger partial charge in [-0.25, -0.2) is 8.42 Å². The fourth-order valence-corrected chi connectivity index (χ4v) is 4.33. The Morgan fingerprint density at radius 3 is 2.47 bits per heavy atom. The van der Waals surface area contributed by atoms with Crippen LogP contribution >= 0.6 is 0 Å². The summed E-state index contributed by atoms with van der Waals surface area (Å²) < 4.78 is 67.1. The smallest absolute Gasteiger partial charge is 0.406 e. The highest BCUT2D eigenvalue weighted by molar-refractivity contribution is 7.89. The van der Waals surface area contributed by atoms with Crippen molar-refractivity contribution in [2.45, 2.75) is 24.3 Å². The molecule has 1 aliphatic rings. The van der Waals surface area contributed by atoms with E-state index in [9.17, 15) is 26.4 Å². The van der Waals surface area contributed by atoms with Crippen LogP contribution in [0.4, 0.5) is 13.2 Å². The number of amides is 1. The zero-order valence-electron chi connectivity index (χ0n) is 16.6. The second-order valence-corrected chi connectivity index (χ2v) is 8.75. The third-order valence-corrected chi connectivity index (χ3v) is 6.40. The van der Waals surface area contributed by atoms with E-state index < -0.39 is 28.0 Å². The van der Waals surface area contributed by atoms with Crippen LogP contribution in [0, 0.1) is 0 Å². The van der Waals surface area contributed by atoms with Crippen molar-refractivity contribution in [2.75, 3.05) is 13.1 Å². The highest BCUT2D eigenvalue weighted by Crippen LogP contribution is 2.26. The summed E-state index contributed by atoms with van der Waals surface area (Å²) >= 11 is 0. The van der Waals surface area contributed by atoms with Crippen molar-refractivity contribution < 1.29 is 36.0 Å². The Balaban J connectivity index is 1.55. The van der Waals surface area contributed by atoms with Gasteiger partial charge in [0.05, 0.1) is 11.5 Å². The van der Waals surface area contributed by atoms with Crippen LogP contribution in [0.15, 0.2) is 65.2 Å². The Kier molecular flexibility index (Phi) is 7.06. The number of ether oxygens (including phenoxy) is 1. The molecule has 2 aromatic rings. The molecule has 0 fully saturated rings. The molecule has 2 aromatic carbocycles. The van der Waals surface area contributed by atoms with Crippen molar-refractivity contribution >= 4 is 15.9 Å². The van der Waals surface area contributed by atoms with Crippen molar-refractivity contribution in [1.82, 2.24) is 9.79 Å². The van der Waals surface area contributed by atoms with Gasteiger partial charge in [0.1, 0.15) is 5.75 Å².